The summed E-state index contributed by atoms with van der Waals surface area (Å²) in [6.45, 7) is 6.45. The zero-order valence-corrected chi connectivity index (χ0v) is 20.1. The van der Waals surface area contributed by atoms with Crippen molar-refractivity contribution in [1.82, 2.24) is 5.16 Å². The van der Waals surface area contributed by atoms with Crippen LogP contribution in [0, 0.1) is 12.8 Å². The van der Waals surface area contributed by atoms with Gasteiger partial charge in [0.1, 0.15) is 11.5 Å². The lowest BCUT2D eigenvalue weighted by molar-refractivity contribution is -0.132. The minimum absolute atomic E-state index is 0.0441. The summed E-state index contributed by atoms with van der Waals surface area (Å²) in [6.07, 6.45) is 0.883. The van der Waals surface area contributed by atoms with Gasteiger partial charge in [-0.1, -0.05) is 55.4 Å². The van der Waals surface area contributed by atoms with Crippen LogP contribution in [0.15, 0.2) is 64.7 Å². The molecular formula is C27H28N2O6. The number of methoxy groups -OCH3 is 1. The predicted molar refractivity (Wildman–Crippen MR) is 130 cm³/mol. The third-order valence-corrected chi connectivity index (χ3v) is 5.81. The third-order valence-electron chi connectivity index (χ3n) is 5.81. The van der Waals surface area contributed by atoms with Gasteiger partial charge in [0.2, 0.25) is 0 Å². The molecule has 35 heavy (non-hydrogen) atoms. The summed E-state index contributed by atoms with van der Waals surface area (Å²) in [5, 5.41) is 15.1. The number of nitrogens with zero attached hydrogens (tertiary/aromatic N) is 2. The highest BCUT2D eigenvalue weighted by Crippen LogP contribution is 2.44. The summed E-state index contributed by atoms with van der Waals surface area (Å²) < 4.78 is 16.6. The molecule has 0 saturated carbocycles. The number of aryl methyl sites for hydroxylation is 1. The van der Waals surface area contributed by atoms with Gasteiger partial charge in [-0.15, -0.1) is 0 Å². The molecule has 8 nitrogen and oxygen atoms in total. The summed E-state index contributed by atoms with van der Waals surface area (Å²) in [4.78, 5) is 27.6. The van der Waals surface area contributed by atoms with Crippen LogP contribution in [-0.4, -0.2) is 35.7 Å². The van der Waals surface area contributed by atoms with Gasteiger partial charge in [-0.3, -0.25) is 14.5 Å². The molecule has 8 heteroatoms. The van der Waals surface area contributed by atoms with Crippen molar-refractivity contribution in [3.8, 4) is 11.5 Å². The molecule has 1 aliphatic rings. The van der Waals surface area contributed by atoms with Crippen molar-refractivity contribution in [3.63, 3.8) is 0 Å². The Morgan fingerprint density at radius 1 is 1.11 bits per heavy atom. The van der Waals surface area contributed by atoms with Crippen LogP contribution in [0.3, 0.4) is 0 Å². The molecule has 1 fully saturated rings. The van der Waals surface area contributed by atoms with Gasteiger partial charge in [0.15, 0.2) is 17.3 Å². The Kier molecular flexibility index (Phi) is 6.91. The largest absolute Gasteiger partial charge is 0.507 e. The van der Waals surface area contributed by atoms with Gasteiger partial charge in [-0.05, 0) is 37.0 Å². The molecule has 2 heterocycles. The molecule has 0 radical (unpaired) electrons. The normalized spacial score (nSPS) is 17.3. The van der Waals surface area contributed by atoms with Crippen LogP contribution in [0.5, 0.6) is 11.5 Å². The molecule has 1 N–H and O–H groups in total. The van der Waals surface area contributed by atoms with Crippen LogP contribution in [0.4, 0.5) is 5.82 Å². The maximum absolute atomic E-state index is 13.2. The van der Waals surface area contributed by atoms with E-state index in [9.17, 15) is 14.7 Å². The van der Waals surface area contributed by atoms with E-state index in [1.54, 1.807) is 61.5 Å². The molecule has 1 saturated heterocycles. The molecule has 182 valence electrons. The predicted octanol–water partition coefficient (Wildman–Crippen LogP) is 5.04. The van der Waals surface area contributed by atoms with Crippen LogP contribution < -0.4 is 14.4 Å². The fourth-order valence-electron chi connectivity index (χ4n) is 3.98. The number of ether oxygens (including phenoxy) is 2. The number of benzene rings is 2. The molecule has 0 bridgehead atoms. The zero-order valence-electron chi connectivity index (χ0n) is 20.1. The van der Waals surface area contributed by atoms with Crippen molar-refractivity contribution in [2.45, 2.75) is 33.2 Å². The molecule has 1 atom stereocenters. The highest BCUT2D eigenvalue weighted by atomic mass is 16.5. The number of Topliss-reactive ketones (excluding diaryl/α,β-unsaturated/α-hetero) is 1. The minimum Gasteiger partial charge on any atom is -0.507 e. The van der Waals surface area contributed by atoms with Gasteiger partial charge >= 0.3 is 5.91 Å². The van der Waals surface area contributed by atoms with Crippen LogP contribution in [0.25, 0.3) is 5.76 Å². The van der Waals surface area contributed by atoms with Crippen LogP contribution in [0.2, 0.25) is 0 Å². The van der Waals surface area contributed by atoms with E-state index in [2.05, 4.69) is 19.0 Å². The number of carbonyl (C=O) groups is 2. The van der Waals surface area contributed by atoms with Crippen LogP contribution >= 0.6 is 0 Å². The summed E-state index contributed by atoms with van der Waals surface area (Å²) in [7, 11) is 1.52. The SMILES string of the molecule is COc1cc(C2/C(=C(\O)c3ccccc3)C(=O)C(=O)N2c2cc(C)on2)ccc1OCCC(C)C. The summed E-state index contributed by atoms with van der Waals surface area (Å²) in [5.74, 6) is 0.261. The molecule has 3 aromatic rings. The van der Waals surface area contributed by atoms with E-state index in [0.717, 1.165) is 6.42 Å². The van der Waals surface area contributed by atoms with Gasteiger partial charge in [0, 0.05) is 11.6 Å². The van der Waals surface area contributed by atoms with Crippen molar-refractivity contribution < 1.29 is 28.7 Å². The first kappa shape index (κ1) is 24.1. The number of rotatable bonds is 8. The van der Waals surface area contributed by atoms with E-state index in [-0.39, 0.29) is 17.2 Å². The minimum atomic E-state index is -0.946. The smallest absolute Gasteiger partial charge is 0.301 e. The van der Waals surface area contributed by atoms with E-state index in [4.69, 9.17) is 14.0 Å². The van der Waals surface area contributed by atoms with Crippen molar-refractivity contribution in [3.05, 3.63) is 77.1 Å². The average molecular weight is 477 g/mol. The molecule has 4 rings (SSSR count). The number of aliphatic hydroxyl groups excluding tert-OH is 1. The van der Waals surface area contributed by atoms with E-state index >= 15 is 0 Å². The Morgan fingerprint density at radius 3 is 2.49 bits per heavy atom. The van der Waals surface area contributed by atoms with Gasteiger partial charge in [-0.2, -0.15) is 0 Å². The van der Waals surface area contributed by atoms with E-state index in [0.29, 0.717) is 40.9 Å². The number of carbonyl (C=O) groups excluding carboxylic acids is 2. The molecule has 2 aromatic carbocycles. The van der Waals surface area contributed by atoms with Gasteiger partial charge < -0.3 is 19.1 Å². The van der Waals surface area contributed by atoms with Gasteiger partial charge in [0.05, 0.1) is 25.3 Å². The van der Waals surface area contributed by atoms with Crippen LogP contribution in [-0.2, 0) is 9.59 Å². The zero-order chi connectivity index (χ0) is 25.1. The Bertz CT molecular complexity index is 1260. The third kappa shape index (κ3) is 4.77. The second kappa shape index (κ2) is 10.0. The highest BCUT2D eigenvalue weighted by Gasteiger charge is 2.48. The summed E-state index contributed by atoms with van der Waals surface area (Å²) in [5.41, 5.74) is 0.931. The van der Waals surface area contributed by atoms with E-state index in [1.165, 1.54) is 12.0 Å². The highest BCUT2D eigenvalue weighted by molar-refractivity contribution is 6.51. The number of amides is 1. The lowest BCUT2D eigenvalue weighted by atomic mass is 9.95. The van der Waals surface area contributed by atoms with Gasteiger partial charge in [0.25, 0.3) is 5.78 Å². The number of ketones is 1. The number of aromatic nitrogens is 1. The monoisotopic (exact) mass is 476 g/mol. The lowest BCUT2D eigenvalue weighted by Gasteiger charge is -2.24. The number of anilines is 1. The molecule has 1 unspecified atom stereocenters. The Hall–Kier alpha value is -4.07. The molecule has 1 aromatic heterocycles. The van der Waals surface area contributed by atoms with Crippen molar-refractivity contribution in [2.24, 2.45) is 5.92 Å². The Balaban J connectivity index is 1.84. The Morgan fingerprint density at radius 2 is 1.86 bits per heavy atom. The second-order valence-electron chi connectivity index (χ2n) is 8.77. The van der Waals surface area contributed by atoms with E-state index in [1.807, 2.05) is 0 Å². The molecule has 0 aliphatic carbocycles. The standard InChI is InChI=1S/C27H28N2O6/c1-16(2)12-13-34-20-11-10-19(15-21(20)33-4)24-23(25(30)18-8-6-5-7-9-18)26(31)27(32)29(24)22-14-17(3)35-28-22/h5-11,14-16,24,30H,12-13H2,1-4H3/b25-23+. The number of hydrogen-bond donors (Lipinski definition) is 1. The maximum atomic E-state index is 13.2. The van der Waals surface area contributed by atoms with Crippen LogP contribution in [0.1, 0.15) is 43.2 Å². The number of aliphatic hydroxyl groups is 1. The second-order valence-corrected chi connectivity index (χ2v) is 8.77. The fraction of sp³-hybridized carbons (Fsp3) is 0.296. The number of hydrogen-bond acceptors (Lipinski definition) is 7. The molecule has 1 aliphatic heterocycles. The summed E-state index contributed by atoms with van der Waals surface area (Å²) in [6, 6.07) is 14.5. The quantitative estimate of drug-likeness (QED) is 0.276. The fourth-order valence-corrected chi connectivity index (χ4v) is 3.98. The lowest BCUT2D eigenvalue weighted by Crippen LogP contribution is -2.29. The van der Waals surface area contributed by atoms with E-state index < -0.39 is 17.7 Å². The first-order chi connectivity index (χ1) is 16.8. The summed E-state index contributed by atoms with van der Waals surface area (Å²) >= 11 is 0. The first-order valence-corrected chi connectivity index (χ1v) is 11.4. The van der Waals surface area contributed by atoms with Gasteiger partial charge in [-0.25, -0.2) is 0 Å². The van der Waals surface area contributed by atoms with Crippen molar-refractivity contribution in [2.75, 3.05) is 18.6 Å². The molecule has 0 spiro atoms. The first-order valence-electron chi connectivity index (χ1n) is 11.4. The average Bonchev–Trinajstić information content (AvgIpc) is 3.39. The Labute approximate surface area is 203 Å². The molecule has 1 amide bonds. The van der Waals surface area contributed by atoms with Crippen molar-refractivity contribution >= 4 is 23.3 Å². The topological polar surface area (TPSA) is 102 Å². The molecular weight excluding hydrogens is 448 g/mol. The maximum Gasteiger partial charge on any atom is 0.301 e. The van der Waals surface area contributed by atoms with Crippen molar-refractivity contribution in [1.29, 1.82) is 0 Å².